The summed E-state index contributed by atoms with van der Waals surface area (Å²) in [6.07, 6.45) is 1.46. The minimum absolute atomic E-state index is 0.143. The fourth-order valence-electron chi connectivity index (χ4n) is 1.96. The molecule has 19 heavy (non-hydrogen) atoms. The molecule has 0 radical (unpaired) electrons. The summed E-state index contributed by atoms with van der Waals surface area (Å²) < 4.78 is 14.1. The van der Waals surface area contributed by atoms with Gasteiger partial charge in [-0.1, -0.05) is 56.3 Å². The monoisotopic (exact) mass is 256 g/mol. The van der Waals surface area contributed by atoms with E-state index in [0.717, 1.165) is 11.1 Å². The molecule has 0 fully saturated rings. The fourth-order valence-corrected chi connectivity index (χ4v) is 1.96. The zero-order valence-electron chi connectivity index (χ0n) is 11.1. The van der Waals surface area contributed by atoms with Crippen molar-refractivity contribution in [2.45, 2.75) is 19.8 Å². The van der Waals surface area contributed by atoms with Gasteiger partial charge in [0.1, 0.15) is 11.6 Å². The van der Waals surface area contributed by atoms with Crippen LogP contribution in [0, 0.1) is 0 Å². The highest BCUT2D eigenvalue weighted by molar-refractivity contribution is 5.77. The first-order chi connectivity index (χ1) is 9.08. The van der Waals surface area contributed by atoms with E-state index in [1.54, 1.807) is 12.1 Å². The van der Waals surface area contributed by atoms with Crippen molar-refractivity contribution < 1.29 is 9.50 Å². The van der Waals surface area contributed by atoms with Gasteiger partial charge in [-0.05, 0) is 29.2 Å². The van der Waals surface area contributed by atoms with E-state index in [9.17, 15) is 9.50 Å². The largest absolute Gasteiger partial charge is 0.508 e. The average molecular weight is 256 g/mol. The Bertz CT molecular complexity index is 585. The third kappa shape index (κ3) is 3.22. The molecule has 0 saturated heterocycles. The number of hydrogen-bond acceptors (Lipinski definition) is 1. The zero-order chi connectivity index (χ0) is 13.8. The summed E-state index contributed by atoms with van der Waals surface area (Å²) in [5.41, 5.74) is 2.02. The van der Waals surface area contributed by atoms with Crippen LogP contribution in [0.2, 0.25) is 0 Å². The summed E-state index contributed by atoms with van der Waals surface area (Å²) in [4.78, 5) is 0. The predicted molar refractivity (Wildman–Crippen MR) is 77.6 cm³/mol. The first kappa shape index (κ1) is 13.3. The summed E-state index contributed by atoms with van der Waals surface area (Å²) in [5, 5.41) is 9.88. The van der Waals surface area contributed by atoms with Crippen molar-refractivity contribution in [1.29, 1.82) is 0 Å². The Kier molecular flexibility index (Phi) is 4.00. The van der Waals surface area contributed by atoms with E-state index in [0.29, 0.717) is 5.56 Å². The van der Waals surface area contributed by atoms with Gasteiger partial charge in [-0.15, -0.1) is 0 Å². The van der Waals surface area contributed by atoms with Crippen molar-refractivity contribution in [3.05, 3.63) is 65.2 Å². The second kappa shape index (κ2) is 5.70. The van der Waals surface area contributed by atoms with Crippen LogP contribution in [0.25, 0.3) is 11.9 Å². The SMILES string of the molecule is CC(C)c1ccc(C(F)=Cc2ccccc2)cc1O. The lowest BCUT2D eigenvalue weighted by Crippen LogP contribution is -1.89. The molecule has 0 bridgehead atoms. The van der Waals surface area contributed by atoms with Gasteiger partial charge < -0.3 is 5.11 Å². The molecule has 0 aromatic heterocycles. The summed E-state index contributed by atoms with van der Waals surface area (Å²) >= 11 is 0. The molecular weight excluding hydrogens is 239 g/mol. The molecule has 0 saturated carbocycles. The molecule has 2 rings (SSSR count). The average Bonchev–Trinajstić information content (AvgIpc) is 2.39. The van der Waals surface area contributed by atoms with Crippen LogP contribution in [0.15, 0.2) is 48.5 Å². The maximum Gasteiger partial charge on any atom is 0.131 e. The van der Waals surface area contributed by atoms with Gasteiger partial charge in [0.15, 0.2) is 0 Å². The van der Waals surface area contributed by atoms with E-state index in [1.165, 1.54) is 12.1 Å². The molecule has 0 aliphatic rings. The van der Waals surface area contributed by atoms with Crippen molar-refractivity contribution >= 4 is 11.9 Å². The van der Waals surface area contributed by atoms with Gasteiger partial charge in [0, 0.05) is 5.56 Å². The molecule has 0 amide bonds. The Hall–Kier alpha value is -2.09. The standard InChI is InChI=1S/C17H17FO/c1-12(2)15-9-8-14(11-17(15)19)16(18)10-13-6-4-3-5-7-13/h3-12,19H,1-2H3. The van der Waals surface area contributed by atoms with Crippen LogP contribution in [0.5, 0.6) is 5.75 Å². The molecule has 2 aromatic rings. The number of rotatable bonds is 3. The van der Waals surface area contributed by atoms with Gasteiger partial charge in [-0.2, -0.15) is 0 Å². The number of halogens is 1. The van der Waals surface area contributed by atoms with Crippen LogP contribution in [-0.2, 0) is 0 Å². The maximum atomic E-state index is 14.1. The molecule has 0 spiro atoms. The van der Waals surface area contributed by atoms with Crippen molar-refractivity contribution in [1.82, 2.24) is 0 Å². The predicted octanol–water partition coefficient (Wildman–Crippen LogP) is 4.98. The Labute approximate surface area is 113 Å². The third-order valence-electron chi connectivity index (χ3n) is 3.02. The van der Waals surface area contributed by atoms with Gasteiger partial charge in [-0.25, -0.2) is 4.39 Å². The van der Waals surface area contributed by atoms with Gasteiger partial charge >= 0.3 is 0 Å². The molecule has 0 unspecified atom stereocenters. The molecule has 0 aliphatic carbocycles. The number of phenolic OH excluding ortho intramolecular Hbond substituents is 1. The highest BCUT2D eigenvalue weighted by atomic mass is 19.1. The van der Waals surface area contributed by atoms with Crippen molar-refractivity contribution in [2.24, 2.45) is 0 Å². The van der Waals surface area contributed by atoms with Crippen molar-refractivity contribution in [3.8, 4) is 5.75 Å². The lowest BCUT2D eigenvalue weighted by Gasteiger charge is -2.09. The fraction of sp³-hybridized carbons (Fsp3) is 0.176. The quantitative estimate of drug-likeness (QED) is 0.767. The van der Waals surface area contributed by atoms with Crippen molar-refractivity contribution in [3.63, 3.8) is 0 Å². The van der Waals surface area contributed by atoms with Gasteiger partial charge in [0.2, 0.25) is 0 Å². The van der Waals surface area contributed by atoms with Crippen LogP contribution in [-0.4, -0.2) is 5.11 Å². The van der Waals surface area contributed by atoms with Crippen LogP contribution < -0.4 is 0 Å². The second-order valence-corrected chi connectivity index (χ2v) is 4.83. The Morgan fingerprint density at radius 2 is 1.79 bits per heavy atom. The zero-order valence-corrected chi connectivity index (χ0v) is 11.1. The van der Waals surface area contributed by atoms with Crippen LogP contribution in [0.4, 0.5) is 4.39 Å². The van der Waals surface area contributed by atoms with E-state index in [-0.39, 0.29) is 17.5 Å². The Morgan fingerprint density at radius 3 is 2.37 bits per heavy atom. The van der Waals surface area contributed by atoms with Gasteiger partial charge in [0.25, 0.3) is 0 Å². The second-order valence-electron chi connectivity index (χ2n) is 4.83. The number of benzene rings is 2. The Morgan fingerprint density at radius 1 is 1.11 bits per heavy atom. The van der Waals surface area contributed by atoms with E-state index < -0.39 is 0 Å². The maximum absolute atomic E-state index is 14.1. The van der Waals surface area contributed by atoms with Crippen LogP contribution in [0.1, 0.15) is 36.5 Å². The smallest absolute Gasteiger partial charge is 0.131 e. The molecule has 1 nitrogen and oxygen atoms in total. The van der Waals surface area contributed by atoms with E-state index in [1.807, 2.05) is 44.2 Å². The molecule has 0 atom stereocenters. The number of aromatic hydroxyl groups is 1. The highest BCUT2D eigenvalue weighted by Gasteiger charge is 2.08. The molecule has 0 aliphatic heterocycles. The van der Waals surface area contributed by atoms with E-state index >= 15 is 0 Å². The molecule has 2 heteroatoms. The first-order valence-electron chi connectivity index (χ1n) is 6.33. The topological polar surface area (TPSA) is 20.2 Å². The first-order valence-corrected chi connectivity index (χ1v) is 6.33. The lowest BCUT2D eigenvalue weighted by atomic mass is 9.99. The molecule has 98 valence electrons. The normalized spacial score (nSPS) is 11.9. The summed E-state index contributed by atoms with van der Waals surface area (Å²) in [7, 11) is 0. The third-order valence-corrected chi connectivity index (χ3v) is 3.02. The van der Waals surface area contributed by atoms with Gasteiger partial charge in [-0.3, -0.25) is 0 Å². The summed E-state index contributed by atoms with van der Waals surface area (Å²) in [6, 6.07) is 14.2. The highest BCUT2D eigenvalue weighted by Crippen LogP contribution is 2.30. The van der Waals surface area contributed by atoms with Gasteiger partial charge in [0.05, 0.1) is 0 Å². The minimum Gasteiger partial charge on any atom is -0.508 e. The minimum atomic E-state index is -0.350. The lowest BCUT2D eigenvalue weighted by molar-refractivity contribution is 0.464. The van der Waals surface area contributed by atoms with Crippen molar-refractivity contribution in [2.75, 3.05) is 0 Å². The molecule has 0 heterocycles. The van der Waals surface area contributed by atoms with E-state index in [2.05, 4.69) is 0 Å². The molecule has 1 N–H and O–H groups in total. The summed E-state index contributed by atoms with van der Waals surface area (Å²) in [5.74, 6) is 0.0103. The van der Waals surface area contributed by atoms with Crippen LogP contribution in [0.3, 0.4) is 0 Å². The molecular formula is C17H17FO. The molecule has 2 aromatic carbocycles. The van der Waals surface area contributed by atoms with E-state index in [4.69, 9.17) is 0 Å². The number of phenols is 1. The number of hydrogen-bond donors (Lipinski definition) is 1. The summed E-state index contributed by atoms with van der Waals surface area (Å²) in [6.45, 7) is 3.98. The Balaban J connectivity index is 2.32. The van der Waals surface area contributed by atoms with Crippen LogP contribution >= 0.6 is 0 Å².